The van der Waals surface area contributed by atoms with Gasteiger partial charge in [-0.2, -0.15) is 0 Å². The molecule has 0 radical (unpaired) electrons. The largest absolute Gasteiger partial charge is 0.509 e. The lowest BCUT2D eigenvalue weighted by atomic mass is 10.1. The van der Waals surface area contributed by atoms with Crippen molar-refractivity contribution >= 4 is 6.16 Å². The van der Waals surface area contributed by atoms with Gasteiger partial charge in [0.25, 0.3) is 0 Å². The van der Waals surface area contributed by atoms with Crippen molar-refractivity contribution in [3.63, 3.8) is 0 Å². The topological polar surface area (TPSA) is 35.5 Å². The SMILES string of the molecule is CC(C)C(C)OC(=O)OC(C)(C)C. The second-order valence-corrected chi connectivity index (χ2v) is 4.53. The first-order valence-electron chi connectivity index (χ1n) is 4.62. The normalized spacial score (nSPS) is 14.1. The lowest BCUT2D eigenvalue weighted by Crippen LogP contribution is -2.28. The molecule has 3 nitrogen and oxygen atoms in total. The molecule has 0 saturated heterocycles. The minimum Gasteiger partial charge on any atom is -0.431 e. The van der Waals surface area contributed by atoms with Crippen LogP contribution in [-0.4, -0.2) is 17.9 Å². The van der Waals surface area contributed by atoms with Crippen LogP contribution in [0.1, 0.15) is 41.5 Å². The molecule has 3 heteroatoms. The first kappa shape index (κ1) is 12.3. The molecule has 0 bridgehead atoms. The van der Waals surface area contributed by atoms with Gasteiger partial charge >= 0.3 is 6.16 Å². The Hall–Kier alpha value is -0.730. The van der Waals surface area contributed by atoms with Gasteiger partial charge in [0.05, 0.1) is 0 Å². The molecule has 0 aromatic carbocycles. The van der Waals surface area contributed by atoms with E-state index in [1.165, 1.54) is 0 Å². The predicted molar refractivity (Wildman–Crippen MR) is 51.6 cm³/mol. The van der Waals surface area contributed by atoms with E-state index in [0.717, 1.165) is 0 Å². The molecule has 0 rings (SSSR count). The molecule has 0 aromatic heterocycles. The second kappa shape index (κ2) is 4.49. The van der Waals surface area contributed by atoms with E-state index in [1.54, 1.807) is 0 Å². The van der Waals surface area contributed by atoms with Gasteiger partial charge < -0.3 is 9.47 Å². The van der Waals surface area contributed by atoms with Crippen molar-refractivity contribution < 1.29 is 14.3 Å². The Morgan fingerprint density at radius 3 is 1.92 bits per heavy atom. The highest BCUT2D eigenvalue weighted by Crippen LogP contribution is 2.11. The van der Waals surface area contributed by atoms with E-state index < -0.39 is 11.8 Å². The van der Waals surface area contributed by atoms with Crippen LogP contribution < -0.4 is 0 Å². The Balaban J connectivity index is 3.89. The fraction of sp³-hybridized carbons (Fsp3) is 0.900. The molecule has 0 aliphatic heterocycles. The van der Waals surface area contributed by atoms with E-state index in [2.05, 4.69) is 0 Å². The Morgan fingerprint density at radius 2 is 1.62 bits per heavy atom. The van der Waals surface area contributed by atoms with E-state index in [4.69, 9.17) is 9.47 Å². The van der Waals surface area contributed by atoms with E-state index in [9.17, 15) is 4.79 Å². The van der Waals surface area contributed by atoms with Crippen molar-refractivity contribution in [1.29, 1.82) is 0 Å². The van der Waals surface area contributed by atoms with Gasteiger partial charge in [-0.3, -0.25) is 0 Å². The highest BCUT2D eigenvalue weighted by Gasteiger charge is 2.20. The summed E-state index contributed by atoms with van der Waals surface area (Å²) in [6.45, 7) is 11.3. The van der Waals surface area contributed by atoms with E-state index in [-0.39, 0.29) is 6.10 Å². The number of ether oxygens (including phenoxy) is 2. The smallest absolute Gasteiger partial charge is 0.431 e. The monoisotopic (exact) mass is 188 g/mol. The molecule has 1 unspecified atom stereocenters. The van der Waals surface area contributed by atoms with Gasteiger partial charge in [-0.15, -0.1) is 0 Å². The van der Waals surface area contributed by atoms with Crippen molar-refractivity contribution in [1.82, 2.24) is 0 Å². The number of carbonyl (C=O) groups is 1. The third-order valence-corrected chi connectivity index (χ3v) is 1.61. The van der Waals surface area contributed by atoms with Crippen LogP contribution in [0.25, 0.3) is 0 Å². The number of hydrogen-bond acceptors (Lipinski definition) is 3. The molecule has 0 aliphatic carbocycles. The van der Waals surface area contributed by atoms with Crippen LogP contribution in [0.4, 0.5) is 4.79 Å². The third-order valence-electron chi connectivity index (χ3n) is 1.61. The Labute approximate surface area is 80.4 Å². The Morgan fingerprint density at radius 1 is 1.15 bits per heavy atom. The molecule has 1 atom stereocenters. The summed E-state index contributed by atoms with van der Waals surface area (Å²) in [5.74, 6) is 0.313. The fourth-order valence-electron chi connectivity index (χ4n) is 0.562. The molecule has 13 heavy (non-hydrogen) atoms. The van der Waals surface area contributed by atoms with Gasteiger partial charge in [0.1, 0.15) is 11.7 Å². The summed E-state index contributed by atoms with van der Waals surface area (Å²) in [4.78, 5) is 11.1. The van der Waals surface area contributed by atoms with Crippen molar-refractivity contribution in [3.8, 4) is 0 Å². The van der Waals surface area contributed by atoms with E-state index in [0.29, 0.717) is 5.92 Å². The molecule has 0 spiro atoms. The maximum atomic E-state index is 11.1. The van der Waals surface area contributed by atoms with Gasteiger partial charge in [0.15, 0.2) is 0 Å². The molecule has 0 N–H and O–H groups in total. The second-order valence-electron chi connectivity index (χ2n) is 4.53. The van der Waals surface area contributed by atoms with Gasteiger partial charge in [0, 0.05) is 0 Å². The Bertz CT molecular complexity index is 167. The molecule has 0 heterocycles. The molecular formula is C10H20O3. The van der Waals surface area contributed by atoms with Crippen molar-refractivity contribution in [2.24, 2.45) is 5.92 Å². The van der Waals surface area contributed by atoms with Crippen LogP contribution in [0.3, 0.4) is 0 Å². The summed E-state index contributed by atoms with van der Waals surface area (Å²) >= 11 is 0. The summed E-state index contributed by atoms with van der Waals surface area (Å²) in [6, 6.07) is 0. The zero-order chi connectivity index (χ0) is 10.6. The summed E-state index contributed by atoms with van der Waals surface area (Å²) < 4.78 is 10.0. The van der Waals surface area contributed by atoms with E-state index >= 15 is 0 Å². The summed E-state index contributed by atoms with van der Waals surface area (Å²) in [5.41, 5.74) is -0.478. The van der Waals surface area contributed by atoms with Crippen LogP contribution in [0.5, 0.6) is 0 Å². The van der Waals surface area contributed by atoms with Gasteiger partial charge in [-0.25, -0.2) is 4.79 Å². The van der Waals surface area contributed by atoms with Crippen LogP contribution >= 0.6 is 0 Å². The lowest BCUT2D eigenvalue weighted by molar-refractivity contribution is -0.0317. The zero-order valence-corrected chi connectivity index (χ0v) is 9.38. The summed E-state index contributed by atoms with van der Waals surface area (Å²) in [7, 11) is 0. The van der Waals surface area contributed by atoms with Crippen molar-refractivity contribution in [2.75, 3.05) is 0 Å². The van der Waals surface area contributed by atoms with Gasteiger partial charge in [-0.05, 0) is 33.6 Å². The molecule has 0 saturated carbocycles. The minimum atomic E-state index is -0.589. The fourth-order valence-corrected chi connectivity index (χ4v) is 0.562. The molecule has 0 aromatic rings. The summed E-state index contributed by atoms with van der Waals surface area (Å²) in [6.07, 6.45) is -0.691. The standard InChI is InChI=1S/C10H20O3/c1-7(2)8(3)12-9(11)13-10(4,5)6/h7-8H,1-6H3. The average molecular weight is 188 g/mol. The highest BCUT2D eigenvalue weighted by molar-refractivity contribution is 5.60. The number of rotatable bonds is 2. The first-order valence-corrected chi connectivity index (χ1v) is 4.62. The van der Waals surface area contributed by atoms with Gasteiger partial charge in [0.2, 0.25) is 0 Å². The maximum absolute atomic E-state index is 11.1. The Kier molecular flexibility index (Phi) is 4.24. The lowest BCUT2D eigenvalue weighted by Gasteiger charge is -2.22. The quantitative estimate of drug-likeness (QED) is 0.625. The zero-order valence-electron chi connectivity index (χ0n) is 9.38. The van der Waals surface area contributed by atoms with Crippen LogP contribution in [0.15, 0.2) is 0 Å². The molecule has 78 valence electrons. The molecule has 0 fully saturated rings. The maximum Gasteiger partial charge on any atom is 0.509 e. The van der Waals surface area contributed by atoms with Gasteiger partial charge in [-0.1, -0.05) is 13.8 Å². The summed E-state index contributed by atoms with van der Waals surface area (Å²) in [5, 5.41) is 0. The van der Waals surface area contributed by atoms with Crippen molar-refractivity contribution in [2.45, 2.75) is 53.2 Å². The third kappa shape index (κ3) is 6.43. The predicted octanol–water partition coefficient (Wildman–Crippen LogP) is 2.98. The molecule has 0 amide bonds. The number of hydrogen-bond donors (Lipinski definition) is 0. The average Bonchev–Trinajstić information content (AvgIpc) is 1.81. The van der Waals surface area contributed by atoms with E-state index in [1.807, 2.05) is 41.5 Å². The highest BCUT2D eigenvalue weighted by atomic mass is 16.7. The first-order chi connectivity index (χ1) is 5.72. The van der Waals surface area contributed by atoms with Crippen molar-refractivity contribution in [3.05, 3.63) is 0 Å². The molecule has 0 aliphatic rings. The van der Waals surface area contributed by atoms with Crippen LogP contribution in [0, 0.1) is 5.92 Å². The molecular weight excluding hydrogens is 168 g/mol. The van der Waals surface area contributed by atoms with Crippen LogP contribution in [-0.2, 0) is 9.47 Å². The van der Waals surface area contributed by atoms with Crippen LogP contribution in [0.2, 0.25) is 0 Å². The number of carbonyl (C=O) groups excluding carboxylic acids is 1. The minimum absolute atomic E-state index is 0.102.